The van der Waals surface area contributed by atoms with Crippen LogP contribution in [-0.4, -0.2) is 34.1 Å². The van der Waals surface area contributed by atoms with Crippen LogP contribution in [0.25, 0.3) is 11.3 Å². The van der Waals surface area contributed by atoms with E-state index in [0.29, 0.717) is 17.7 Å². The standard InChI is InChI=1S/C16H17F2N3O2/c17-12-6-5-10(9-13(12)18)15-11-3-1-2-4-14(11)21(20-15)16(23)19-7-8-22/h5-6,9,22H,1-4,7-8H2,(H,19,23). The van der Waals surface area contributed by atoms with E-state index < -0.39 is 17.7 Å². The Bertz CT molecular complexity index is 743. The van der Waals surface area contributed by atoms with Crippen LogP contribution >= 0.6 is 0 Å². The van der Waals surface area contributed by atoms with Gasteiger partial charge in [-0.3, -0.25) is 0 Å². The van der Waals surface area contributed by atoms with E-state index in [2.05, 4.69) is 10.4 Å². The summed E-state index contributed by atoms with van der Waals surface area (Å²) in [7, 11) is 0. The molecule has 2 aromatic rings. The third-order valence-electron chi connectivity index (χ3n) is 3.95. The summed E-state index contributed by atoms with van der Waals surface area (Å²) in [5.74, 6) is -1.85. The maximum Gasteiger partial charge on any atom is 0.342 e. The number of aromatic nitrogens is 2. The molecule has 0 atom stereocenters. The van der Waals surface area contributed by atoms with Crippen LogP contribution in [0.5, 0.6) is 0 Å². The molecule has 1 amide bonds. The van der Waals surface area contributed by atoms with Gasteiger partial charge < -0.3 is 10.4 Å². The number of nitrogens with zero attached hydrogens (tertiary/aromatic N) is 2. The lowest BCUT2D eigenvalue weighted by atomic mass is 9.93. The van der Waals surface area contributed by atoms with Crippen molar-refractivity contribution in [1.82, 2.24) is 15.1 Å². The van der Waals surface area contributed by atoms with Crippen molar-refractivity contribution in [2.24, 2.45) is 0 Å². The SMILES string of the molecule is O=C(NCCO)n1nc(-c2ccc(F)c(F)c2)c2c1CCCC2. The summed E-state index contributed by atoms with van der Waals surface area (Å²) < 4.78 is 27.9. The Morgan fingerprint density at radius 2 is 2.04 bits per heavy atom. The van der Waals surface area contributed by atoms with Crippen LogP contribution in [0.3, 0.4) is 0 Å². The minimum Gasteiger partial charge on any atom is -0.395 e. The van der Waals surface area contributed by atoms with E-state index in [1.54, 1.807) is 0 Å². The number of benzene rings is 1. The van der Waals surface area contributed by atoms with Crippen LogP contribution in [0.1, 0.15) is 24.1 Å². The summed E-state index contributed by atoms with van der Waals surface area (Å²) in [5, 5.41) is 15.7. The third-order valence-corrected chi connectivity index (χ3v) is 3.95. The van der Waals surface area contributed by atoms with Gasteiger partial charge in [-0.25, -0.2) is 13.6 Å². The Morgan fingerprint density at radius 3 is 2.78 bits per heavy atom. The fraction of sp³-hybridized carbons (Fsp3) is 0.375. The minimum atomic E-state index is -0.939. The topological polar surface area (TPSA) is 67.2 Å². The van der Waals surface area contributed by atoms with Gasteiger partial charge in [0.2, 0.25) is 0 Å². The molecule has 0 saturated heterocycles. The Balaban J connectivity index is 2.05. The molecule has 3 rings (SSSR count). The van der Waals surface area contributed by atoms with E-state index >= 15 is 0 Å². The fourth-order valence-corrected chi connectivity index (χ4v) is 2.88. The number of carbonyl (C=O) groups is 1. The van der Waals surface area contributed by atoms with Gasteiger partial charge in [0.05, 0.1) is 18.0 Å². The zero-order valence-electron chi connectivity index (χ0n) is 12.5. The third kappa shape index (κ3) is 2.96. The zero-order valence-corrected chi connectivity index (χ0v) is 12.5. The van der Waals surface area contributed by atoms with Crippen molar-refractivity contribution in [3.05, 3.63) is 41.1 Å². The molecular weight excluding hydrogens is 304 g/mol. The van der Waals surface area contributed by atoms with E-state index in [1.807, 2.05) is 0 Å². The van der Waals surface area contributed by atoms with Crippen molar-refractivity contribution in [2.75, 3.05) is 13.2 Å². The number of amides is 1. The Hall–Kier alpha value is -2.28. The van der Waals surface area contributed by atoms with Crippen LogP contribution in [0.2, 0.25) is 0 Å². The van der Waals surface area contributed by atoms with Crippen LogP contribution in [0.4, 0.5) is 13.6 Å². The number of fused-ring (bicyclic) bond motifs is 1. The quantitative estimate of drug-likeness (QED) is 0.911. The van der Waals surface area contributed by atoms with Crippen LogP contribution in [0, 0.1) is 11.6 Å². The highest BCUT2D eigenvalue weighted by Crippen LogP contribution is 2.31. The molecule has 5 nitrogen and oxygen atoms in total. The van der Waals surface area contributed by atoms with Crippen LogP contribution < -0.4 is 5.32 Å². The summed E-state index contributed by atoms with van der Waals surface area (Å²) in [6, 6.07) is 3.20. The Labute approximate surface area is 131 Å². The molecule has 0 fully saturated rings. The summed E-state index contributed by atoms with van der Waals surface area (Å²) >= 11 is 0. The highest BCUT2D eigenvalue weighted by molar-refractivity contribution is 5.79. The number of carbonyl (C=O) groups excluding carboxylic acids is 1. The average Bonchev–Trinajstić information content (AvgIpc) is 2.95. The van der Waals surface area contributed by atoms with Gasteiger partial charge >= 0.3 is 6.03 Å². The maximum absolute atomic E-state index is 13.5. The first-order chi connectivity index (χ1) is 11.1. The second kappa shape index (κ2) is 6.45. The fourth-order valence-electron chi connectivity index (χ4n) is 2.88. The van der Waals surface area contributed by atoms with Crippen molar-refractivity contribution in [3.63, 3.8) is 0 Å². The average molecular weight is 321 g/mol. The molecule has 1 aromatic heterocycles. The number of hydrogen-bond donors (Lipinski definition) is 2. The smallest absolute Gasteiger partial charge is 0.342 e. The molecule has 1 aromatic carbocycles. The van der Waals surface area contributed by atoms with Crippen molar-refractivity contribution in [1.29, 1.82) is 0 Å². The number of nitrogens with one attached hydrogen (secondary N) is 1. The van der Waals surface area contributed by atoms with E-state index in [-0.39, 0.29) is 13.2 Å². The van der Waals surface area contributed by atoms with Crippen LogP contribution in [0.15, 0.2) is 18.2 Å². The summed E-state index contributed by atoms with van der Waals surface area (Å²) in [6.07, 6.45) is 3.37. The Kier molecular flexibility index (Phi) is 4.38. The van der Waals surface area contributed by atoms with Crippen molar-refractivity contribution < 1.29 is 18.7 Å². The van der Waals surface area contributed by atoms with Gasteiger partial charge in [-0.1, -0.05) is 0 Å². The summed E-state index contributed by atoms with van der Waals surface area (Å²) in [5.41, 5.74) is 2.67. The van der Waals surface area contributed by atoms with E-state index in [1.165, 1.54) is 10.7 Å². The van der Waals surface area contributed by atoms with Crippen molar-refractivity contribution in [3.8, 4) is 11.3 Å². The monoisotopic (exact) mass is 321 g/mol. The van der Waals surface area contributed by atoms with Gasteiger partial charge in [-0.05, 0) is 43.9 Å². The number of aliphatic hydroxyl groups excluding tert-OH is 1. The molecule has 0 saturated carbocycles. The summed E-state index contributed by atoms with van der Waals surface area (Å²) in [4.78, 5) is 12.2. The molecule has 1 aliphatic carbocycles. The normalized spacial score (nSPS) is 13.7. The van der Waals surface area contributed by atoms with Crippen LogP contribution in [-0.2, 0) is 12.8 Å². The van der Waals surface area contributed by atoms with Gasteiger partial charge in [0.1, 0.15) is 0 Å². The lowest BCUT2D eigenvalue weighted by Crippen LogP contribution is -2.33. The predicted octanol–water partition coefficient (Wildman–Crippen LogP) is 2.26. The van der Waals surface area contributed by atoms with Gasteiger partial charge in [-0.15, -0.1) is 0 Å². The first-order valence-electron chi connectivity index (χ1n) is 7.57. The van der Waals surface area contributed by atoms with E-state index in [0.717, 1.165) is 42.7 Å². The number of aliphatic hydroxyl groups is 1. The molecule has 0 radical (unpaired) electrons. The van der Waals surface area contributed by atoms with Gasteiger partial charge in [0, 0.05) is 17.7 Å². The maximum atomic E-state index is 13.5. The lowest BCUT2D eigenvalue weighted by Gasteiger charge is -2.13. The molecule has 0 unspecified atom stereocenters. The molecule has 0 spiro atoms. The first-order valence-corrected chi connectivity index (χ1v) is 7.57. The highest BCUT2D eigenvalue weighted by atomic mass is 19.2. The van der Waals surface area contributed by atoms with Crippen molar-refractivity contribution in [2.45, 2.75) is 25.7 Å². The van der Waals surface area contributed by atoms with Gasteiger partial charge in [0.15, 0.2) is 11.6 Å². The second-order valence-corrected chi connectivity index (χ2v) is 5.48. The Morgan fingerprint density at radius 1 is 1.26 bits per heavy atom. The zero-order chi connectivity index (χ0) is 16.4. The highest BCUT2D eigenvalue weighted by Gasteiger charge is 2.25. The molecule has 7 heteroatoms. The second-order valence-electron chi connectivity index (χ2n) is 5.48. The first kappa shape index (κ1) is 15.6. The largest absolute Gasteiger partial charge is 0.395 e. The molecule has 1 aliphatic rings. The molecule has 0 bridgehead atoms. The number of halogens is 2. The number of hydrogen-bond acceptors (Lipinski definition) is 3. The van der Waals surface area contributed by atoms with Gasteiger partial charge in [-0.2, -0.15) is 9.78 Å². The molecule has 23 heavy (non-hydrogen) atoms. The predicted molar refractivity (Wildman–Crippen MR) is 80.1 cm³/mol. The van der Waals surface area contributed by atoms with E-state index in [4.69, 9.17) is 5.11 Å². The molecule has 1 heterocycles. The molecule has 0 aliphatic heterocycles. The van der Waals surface area contributed by atoms with Crippen molar-refractivity contribution >= 4 is 6.03 Å². The lowest BCUT2D eigenvalue weighted by molar-refractivity contribution is 0.232. The molecule has 122 valence electrons. The van der Waals surface area contributed by atoms with E-state index in [9.17, 15) is 13.6 Å². The molecule has 2 N–H and O–H groups in total. The minimum absolute atomic E-state index is 0.133. The van der Waals surface area contributed by atoms with Gasteiger partial charge in [0.25, 0.3) is 0 Å². The number of rotatable bonds is 3. The summed E-state index contributed by atoms with van der Waals surface area (Å²) in [6.45, 7) is -0.0286. The molecular formula is C16H17F2N3O2.